The lowest BCUT2D eigenvalue weighted by molar-refractivity contribution is 1.32. The minimum Gasteiger partial charge on any atom is -0.339 e. The van der Waals surface area contributed by atoms with Crippen molar-refractivity contribution in [2.45, 2.75) is 0 Å². The second-order valence-corrected chi connectivity index (χ2v) is 5.96. The maximum Gasteiger partial charge on any atom is 0.138 e. The smallest absolute Gasteiger partial charge is 0.138 e. The van der Waals surface area contributed by atoms with Gasteiger partial charge in [0.2, 0.25) is 0 Å². The zero-order valence-electron chi connectivity index (χ0n) is 12.8. The number of halogens is 1. The van der Waals surface area contributed by atoms with Crippen LogP contribution in [0.15, 0.2) is 72.9 Å². The number of aromatic nitrogens is 2. The zero-order chi connectivity index (χ0) is 16.5. The summed E-state index contributed by atoms with van der Waals surface area (Å²) in [6.45, 7) is 0. The minimum atomic E-state index is 0.449. The molecule has 116 valence electrons. The number of nitrogens with one attached hydrogen (secondary N) is 2. The largest absolute Gasteiger partial charge is 0.339 e. The summed E-state index contributed by atoms with van der Waals surface area (Å²) in [5.74, 6) is 0. The fourth-order valence-corrected chi connectivity index (χ4v) is 2.99. The predicted octanol–water partition coefficient (Wildman–Crippen LogP) is 5.30. The maximum absolute atomic E-state index is 8.74. The fraction of sp³-hybridized carbons (Fsp3) is 0. The maximum atomic E-state index is 8.74. The first-order valence-corrected chi connectivity index (χ1v) is 7.99. The summed E-state index contributed by atoms with van der Waals surface area (Å²) in [6, 6.07) is 21.3. The number of hydrogen-bond donors (Lipinski definition) is 2. The van der Waals surface area contributed by atoms with Crippen LogP contribution in [-0.2, 0) is 0 Å². The molecule has 3 nitrogen and oxygen atoms in total. The van der Waals surface area contributed by atoms with Gasteiger partial charge in [-0.05, 0) is 29.8 Å². The average molecular weight is 332 g/mol. The Morgan fingerprint density at radius 2 is 1.67 bits per heavy atom. The Morgan fingerprint density at radius 3 is 2.42 bits per heavy atom. The van der Waals surface area contributed by atoms with Gasteiger partial charge in [0.25, 0.3) is 0 Å². The molecule has 4 rings (SSSR count). The van der Waals surface area contributed by atoms with Gasteiger partial charge in [-0.25, -0.2) is 4.98 Å². The highest BCUT2D eigenvalue weighted by atomic mass is 35.5. The van der Waals surface area contributed by atoms with E-state index in [4.69, 9.17) is 17.0 Å². The number of fused-ring (bicyclic) bond motifs is 1. The Balaban J connectivity index is 1.96. The Morgan fingerprint density at radius 1 is 0.917 bits per heavy atom. The lowest BCUT2D eigenvalue weighted by atomic mass is 9.97. The Labute approximate surface area is 144 Å². The summed E-state index contributed by atoms with van der Waals surface area (Å²) in [5, 5.41) is 10.3. The van der Waals surface area contributed by atoms with Crippen LogP contribution in [-0.4, -0.2) is 15.7 Å². The lowest BCUT2D eigenvalue weighted by Crippen LogP contribution is -2.02. The second-order valence-electron chi connectivity index (χ2n) is 5.52. The van der Waals surface area contributed by atoms with Crippen LogP contribution in [0, 0.1) is 5.41 Å². The number of pyridine rings is 1. The van der Waals surface area contributed by atoms with Crippen LogP contribution in [0.1, 0.15) is 11.1 Å². The van der Waals surface area contributed by atoms with Crippen molar-refractivity contribution in [3.63, 3.8) is 0 Å². The van der Waals surface area contributed by atoms with Crippen molar-refractivity contribution < 1.29 is 0 Å². The van der Waals surface area contributed by atoms with Crippen molar-refractivity contribution >= 4 is 28.3 Å². The highest BCUT2D eigenvalue weighted by Crippen LogP contribution is 2.31. The molecule has 0 radical (unpaired) electrons. The predicted molar refractivity (Wildman–Crippen MR) is 98.9 cm³/mol. The third-order valence-corrected chi connectivity index (χ3v) is 4.27. The molecule has 2 heterocycles. The molecule has 0 aliphatic carbocycles. The van der Waals surface area contributed by atoms with Gasteiger partial charge in [-0.15, -0.1) is 0 Å². The summed E-state index contributed by atoms with van der Waals surface area (Å²) in [4.78, 5) is 7.77. The van der Waals surface area contributed by atoms with Gasteiger partial charge < -0.3 is 4.98 Å². The van der Waals surface area contributed by atoms with E-state index >= 15 is 0 Å². The van der Waals surface area contributed by atoms with Crippen LogP contribution in [0.3, 0.4) is 0 Å². The summed E-state index contributed by atoms with van der Waals surface area (Å²) in [5.41, 5.74) is 4.84. The van der Waals surface area contributed by atoms with E-state index in [9.17, 15) is 0 Å². The summed E-state index contributed by atoms with van der Waals surface area (Å²) < 4.78 is 0. The number of benzene rings is 2. The van der Waals surface area contributed by atoms with Crippen molar-refractivity contribution in [3.05, 3.63) is 89.1 Å². The third-order valence-electron chi connectivity index (χ3n) is 4.02. The van der Waals surface area contributed by atoms with Crippen LogP contribution < -0.4 is 0 Å². The van der Waals surface area contributed by atoms with E-state index in [-0.39, 0.29) is 0 Å². The van der Waals surface area contributed by atoms with E-state index in [1.54, 1.807) is 18.3 Å². The van der Waals surface area contributed by atoms with E-state index in [1.165, 1.54) is 0 Å². The summed E-state index contributed by atoms with van der Waals surface area (Å²) >= 11 is 5.98. The molecule has 0 aliphatic heterocycles. The molecule has 24 heavy (non-hydrogen) atoms. The molecule has 0 saturated heterocycles. The molecule has 4 aromatic rings. The van der Waals surface area contributed by atoms with E-state index in [0.717, 1.165) is 33.4 Å². The molecule has 2 N–H and O–H groups in total. The monoisotopic (exact) mass is 331 g/mol. The highest BCUT2D eigenvalue weighted by Gasteiger charge is 2.18. The fourth-order valence-electron chi connectivity index (χ4n) is 2.86. The van der Waals surface area contributed by atoms with Crippen molar-refractivity contribution in [2.75, 3.05) is 0 Å². The quantitative estimate of drug-likeness (QED) is 0.492. The topological polar surface area (TPSA) is 52.5 Å². The molecular formula is C20H14ClN3. The van der Waals surface area contributed by atoms with Crippen LogP contribution in [0.4, 0.5) is 0 Å². The summed E-state index contributed by atoms with van der Waals surface area (Å²) in [6.07, 6.45) is 1.75. The minimum absolute atomic E-state index is 0.449. The van der Waals surface area contributed by atoms with Crippen LogP contribution >= 0.6 is 11.6 Å². The van der Waals surface area contributed by atoms with Crippen molar-refractivity contribution in [3.8, 4) is 11.3 Å². The van der Waals surface area contributed by atoms with E-state index in [2.05, 4.69) is 9.97 Å². The second kappa shape index (κ2) is 5.95. The van der Waals surface area contributed by atoms with Gasteiger partial charge in [0.1, 0.15) is 5.65 Å². The molecule has 0 spiro atoms. The van der Waals surface area contributed by atoms with E-state index in [1.807, 2.05) is 54.6 Å². The lowest BCUT2D eigenvalue weighted by Gasteiger charge is -2.08. The Hall–Kier alpha value is -2.91. The first-order chi connectivity index (χ1) is 11.7. The number of hydrogen-bond acceptors (Lipinski definition) is 2. The number of H-pyrrole nitrogens is 1. The van der Waals surface area contributed by atoms with Gasteiger partial charge in [-0.3, -0.25) is 5.41 Å². The zero-order valence-corrected chi connectivity index (χ0v) is 13.5. The molecular weight excluding hydrogens is 318 g/mol. The SMILES string of the molecule is N=C(c1ccc(Cl)cc1)c1c(-c2ccccc2)[nH]c2ncccc12. The van der Waals surface area contributed by atoms with Gasteiger partial charge in [-0.1, -0.05) is 54.1 Å². The average Bonchev–Trinajstić information content (AvgIpc) is 3.02. The standard InChI is InChI=1S/C20H14ClN3/c21-15-10-8-13(9-11-15)18(22)17-16-7-4-12-23-20(16)24-19(17)14-5-2-1-3-6-14/h1-12,22H,(H,23,24). The van der Waals surface area contributed by atoms with Crippen LogP contribution in [0.25, 0.3) is 22.3 Å². The van der Waals surface area contributed by atoms with Crippen molar-refractivity contribution in [1.82, 2.24) is 9.97 Å². The number of rotatable bonds is 3. The summed E-state index contributed by atoms with van der Waals surface area (Å²) in [7, 11) is 0. The van der Waals surface area contributed by atoms with Crippen LogP contribution in [0.2, 0.25) is 5.02 Å². The highest BCUT2D eigenvalue weighted by molar-refractivity contribution is 6.31. The molecule has 4 heteroatoms. The molecule has 2 aromatic carbocycles. The molecule has 0 aliphatic rings. The van der Waals surface area contributed by atoms with Crippen molar-refractivity contribution in [1.29, 1.82) is 5.41 Å². The molecule has 0 bridgehead atoms. The molecule has 0 atom stereocenters. The molecule has 0 fully saturated rings. The normalized spacial score (nSPS) is 10.9. The molecule has 2 aromatic heterocycles. The Kier molecular flexibility index (Phi) is 3.63. The first-order valence-electron chi connectivity index (χ1n) is 7.61. The van der Waals surface area contributed by atoms with E-state index < -0.39 is 0 Å². The van der Waals surface area contributed by atoms with Gasteiger partial charge in [-0.2, -0.15) is 0 Å². The van der Waals surface area contributed by atoms with Crippen molar-refractivity contribution in [2.24, 2.45) is 0 Å². The van der Waals surface area contributed by atoms with Gasteiger partial charge >= 0.3 is 0 Å². The molecule has 0 saturated carbocycles. The van der Waals surface area contributed by atoms with Gasteiger partial charge in [0.15, 0.2) is 0 Å². The Bertz CT molecular complexity index is 1020. The number of nitrogens with zero attached hydrogens (tertiary/aromatic N) is 1. The van der Waals surface area contributed by atoms with Crippen LogP contribution in [0.5, 0.6) is 0 Å². The molecule has 0 amide bonds. The van der Waals surface area contributed by atoms with Gasteiger partial charge in [0, 0.05) is 27.7 Å². The third kappa shape index (κ3) is 2.49. The number of aromatic amines is 1. The van der Waals surface area contributed by atoms with E-state index in [0.29, 0.717) is 10.7 Å². The van der Waals surface area contributed by atoms with Gasteiger partial charge in [0.05, 0.1) is 11.4 Å². The first kappa shape index (κ1) is 14.7. The molecule has 0 unspecified atom stereocenters.